The quantitative estimate of drug-likeness (QED) is 0.833. The summed E-state index contributed by atoms with van der Waals surface area (Å²) >= 11 is 3.30. The van der Waals surface area contributed by atoms with Crippen molar-refractivity contribution < 1.29 is 0 Å². The molecule has 0 saturated carbocycles. The molecule has 2 aromatic rings. The van der Waals surface area contributed by atoms with Crippen LogP contribution in [0, 0.1) is 6.92 Å². The maximum absolute atomic E-state index is 5.65. The fourth-order valence-corrected chi connectivity index (χ4v) is 1.33. The van der Waals surface area contributed by atoms with Gasteiger partial charge in [0.25, 0.3) is 0 Å². The van der Waals surface area contributed by atoms with Gasteiger partial charge in [-0.05, 0) is 35.0 Å². The number of rotatable bonds is 1. The molecule has 0 unspecified atom stereocenters. The summed E-state index contributed by atoms with van der Waals surface area (Å²) in [5.74, 6) is 1.64. The summed E-state index contributed by atoms with van der Waals surface area (Å²) in [5, 5.41) is 4.11. The molecule has 0 fully saturated rings. The van der Waals surface area contributed by atoms with Crippen LogP contribution in [0.4, 0.5) is 5.95 Å². The van der Waals surface area contributed by atoms with E-state index in [1.54, 1.807) is 13.1 Å². The molecular weight excluding hydrogens is 246 g/mol. The molecule has 0 saturated heterocycles. The third kappa shape index (κ3) is 1.60. The first-order chi connectivity index (χ1) is 6.66. The van der Waals surface area contributed by atoms with Gasteiger partial charge in [-0.1, -0.05) is 0 Å². The van der Waals surface area contributed by atoms with Crippen LogP contribution in [0.1, 0.15) is 5.82 Å². The molecular formula is C8H8BrN5. The van der Waals surface area contributed by atoms with Crippen molar-refractivity contribution in [1.29, 1.82) is 0 Å². The standard InChI is InChI=1S/C8H8BrN5/c1-5-12-8(10)14(13-5)7-3-2-6(9)4-11-7/h2-4H,1H3,(H2,10,12,13). The van der Waals surface area contributed by atoms with E-state index in [0.717, 1.165) is 4.47 Å². The molecule has 2 N–H and O–H groups in total. The van der Waals surface area contributed by atoms with Gasteiger partial charge in [0, 0.05) is 10.7 Å². The topological polar surface area (TPSA) is 69.6 Å². The Labute approximate surface area is 89.1 Å². The van der Waals surface area contributed by atoms with Crippen LogP contribution in [0.3, 0.4) is 0 Å². The van der Waals surface area contributed by atoms with E-state index in [-0.39, 0.29) is 0 Å². The number of nitrogen functional groups attached to an aromatic ring is 1. The molecule has 2 aromatic heterocycles. The molecule has 0 spiro atoms. The number of hydrogen-bond donors (Lipinski definition) is 1. The summed E-state index contributed by atoms with van der Waals surface area (Å²) in [6.45, 7) is 1.78. The third-order valence-corrected chi connectivity index (χ3v) is 2.14. The van der Waals surface area contributed by atoms with Crippen LogP contribution in [-0.4, -0.2) is 19.7 Å². The van der Waals surface area contributed by atoms with Gasteiger partial charge in [-0.15, -0.1) is 5.10 Å². The summed E-state index contributed by atoms with van der Waals surface area (Å²) in [4.78, 5) is 8.14. The molecule has 72 valence electrons. The average molecular weight is 254 g/mol. The molecule has 0 bridgehead atoms. The molecule has 0 radical (unpaired) electrons. The smallest absolute Gasteiger partial charge is 0.225 e. The minimum atomic E-state index is 0.345. The Balaban J connectivity index is 2.49. The van der Waals surface area contributed by atoms with E-state index < -0.39 is 0 Å². The monoisotopic (exact) mass is 253 g/mol. The van der Waals surface area contributed by atoms with Crippen molar-refractivity contribution in [3.8, 4) is 5.82 Å². The number of halogens is 1. The second kappa shape index (κ2) is 3.38. The van der Waals surface area contributed by atoms with Gasteiger partial charge in [-0.3, -0.25) is 0 Å². The lowest BCUT2D eigenvalue weighted by Gasteiger charge is -2.00. The van der Waals surface area contributed by atoms with Crippen LogP contribution in [-0.2, 0) is 0 Å². The Morgan fingerprint density at radius 2 is 2.21 bits per heavy atom. The summed E-state index contributed by atoms with van der Waals surface area (Å²) in [6, 6.07) is 3.69. The van der Waals surface area contributed by atoms with Crippen molar-refractivity contribution in [1.82, 2.24) is 19.7 Å². The van der Waals surface area contributed by atoms with Gasteiger partial charge in [0.2, 0.25) is 5.95 Å². The van der Waals surface area contributed by atoms with E-state index in [1.807, 2.05) is 12.1 Å². The predicted molar refractivity (Wildman–Crippen MR) is 56.0 cm³/mol. The van der Waals surface area contributed by atoms with Crippen LogP contribution >= 0.6 is 15.9 Å². The van der Waals surface area contributed by atoms with Gasteiger partial charge in [-0.25, -0.2) is 4.98 Å². The van der Waals surface area contributed by atoms with Gasteiger partial charge >= 0.3 is 0 Å². The first-order valence-electron chi connectivity index (χ1n) is 3.98. The Hall–Kier alpha value is -1.43. The van der Waals surface area contributed by atoms with Gasteiger partial charge in [0.15, 0.2) is 5.82 Å². The van der Waals surface area contributed by atoms with Crippen molar-refractivity contribution in [3.05, 3.63) is 28.6 Å². The minimum Gasteiger partial charge on any atom is -0.368 e. The van der Waals surface area contributed by atoms with E-state index in [1.165, 1.54) is 4.68 Å². The zero-order chi connectivity index (χ0) is 10.1. The van der Waals surface area contributed by atoms with Gasteiger partial charge in [-0.2, -0.15) is 9.67 Å². The normalized spacial score (nSPS) is 10.4. The van der Waals surface area contributed by atoms with E-state index in [0.29, 0.717) is 17.6 Å². The molecule has 2 heterocycles. The molecule has 14 heavy (non-hydrogen) atoms. The molecule has 0 amide bonds. The first-order valence-corrected chi connectivity index (χ1v) is 4.77. The van der Waals surface area contributed by atoms with Crippen LogP contribution in [0.2, 0.25) is 0 Å². The van der Waals surface area contributed by atoms with E-state index >= 15 is 0 Å². The minimum absolute atomic E-state index is 0.345. The molecule has 0 atom stereocenters. The highest BCUT2D eigenvalue weighted by molar-refractivity contribution is 9.10. The molecule has 0 aliphatic heterocycles. The number of nitrogens with zero attached hydrogens (tertiary/aromatic N) is 4. The van der Waals surface area contributed by atoms with Crippen molar-refractivity contribution in [2.45, 2.75) is 6.92 Å². The lowest BCUT2D eigenvalue weighted by atomic mass is 10.5. The molecule has 0 aromatic carbocycles. The largest absolute Gasteiger partial charge is 0.368 e. The molecule has 0 aliphatic carbocycles. The van der Waals surface area contributed by atoms with Crippen molar-refractivity contribution in [2.24, 2.45) is 0 Å². The maximum atomic E-state index is 5.65. The molecule has 6 heteroatoms. The average Bonchev–Trinajstić information content (AvgIpc) is 2.47. The van der Waals surface area contributed by atoms with E-state index in [4.69, 9.17) is 5.73 Å². The fourth-order valence-electron chi connectivity index (χ4n) is 1.09. The summed E-state index contributed by atoms with van der Waals surface area (Å²) in [5.41, 5.74) is 5.65. The summed E-state index contributed by atoms with van der Waals surface area (Å²) in [6.07, 6.45) is 1.69. The van der Waals surface area contributed by atoms with Gasteiger partial charge < -0.3 is 5.73 Å². The fraction of sp³-hybridized carbons (Fsp3) is 0.125. The first kappa shape index (κ1) is 9.14. The number of pyridine rings is 1. The van der Waals surface area contributed by atoms with Crippen LogP contribution in [0.5, 0.6) is 0 Å². The SMILES string of the molecule is Cc1nc(N)n(-c2ccc(Br)cn2)n1. The Bertz CT molecular complexity index is 447. The zero-order valence-corrected chi connectivity index (χ0v) is 9.06. The highest BCUT2D eigenvalue weighted by Gasteiger charge is 2.05. The molecule has 0 aliphatic rings. The zero-order valence-electron chi connectivity index (χ0n) is 7.48. The maximum Gasteiger partial charge on any atom is 0.225 e. The lowest BCUT2D eigenvalue weighted by Crippen LogP contribution is -2.04. The summed E-state index contributed by atoms with van der Waals surface area (Å²) < 4.78 is 2.42. The number of hydrogen-bond acceptors (Lipinski definition) is 4. The van der Waals surface area contributed by atoms with Gasteiger partial charge in [0.1, 0.15) is 5.82 Å². The van der Waals surface area contributed by atoms with Gasteiger partial charge in [0.05, 0.1) is 0 Å². The van der Waals surface area contributed by atoms with Crippen molar-refractivity contribution in [2.75, 3.05) is 5.73 Å². The van der Waals surface area contributed by atoms with Crippen molar-refractivity contribution in [3.63, 3.8) is 0 Å². The second-order valence-corrected chi connectivity index (χ2v) is 3.68. The second-order valence-electron chi connectivity index (χ2n) is 2.76. The Morgan fingerprint density at radius 3 is 2.71 bits per heavy atom. The number of aromatic nitrogens is 4. The molecule has 5 nitrogen and oxygen atoms in total. The predicted octanol–water partition coefficient (Wildman–Crippen LogP) is 1.32. The highest BCUT2D eigenvalue weighted by atomic mass is 79.9. The Kier molecular flexibility index (Phi) is 2.20. The highest BCUT2D eigenvalue weighted by Crippen LogP contribution is 2.12. The number of nitrogens with two attached hydrogens (primary N) is 1. The number of aryl methyl sites for hydroxylation is 1. The van der Waals surface area contributed by atoms with E-state index in [9.17, 15) is 0 Å². The molecule has 2 rings (SSSR count). The Morgan fingerprint density at radius 1 is 1.43 bits per heavy atom. The van der Waals surface area contributed by atoms with E-state index in [2.05, 4.69) is 31.0 Å². The lowest BCUT2D eigenvalue weighted by molar-refractivity contribution is 0.841. The van der Waals surface area contributed by atoms with Crippen LogP contribution in [0.15, 0.2) is 22.8 Å². The summed E-state index contributed by atoms with van der Waals surface area (Å²) in [7, 11) is 0. The van der Waals surface area contributed by atoms with Crippen LogP contribution in [0.25, 0.3) is 5.82 Å². The van der Waals surface area contributed by atoms with Crippen LogP contribution < -0.4 is 5.73 Å². The number of anilines is 1. The van der Waals surface area contributed by atoms with Crippen molar-refractivity contribution >= 4 is 21.9 Å². The third-order valence-electron chi connectivity index (χ3n) is 1.67.